The van der Waals surface area contributed by atoms with E-state index in [1.165, 1.54) is 0 Å². The summed E-state index contributed by atoms with van der Waals surface area (Å²) in [5.41, 5.74) is 3.36. The van der Waals surface area contributed by atoms with E-state index >= 15 is 0 Å². The van der Waals surface area contributed by atoms with Crippen LogP contribution in [0.3, 0.4) is 0 Å². The molecule has 2 heterocycles. The standard InChI is InChI=1S/C19H23N7O/c1-5-11(2)17(27)22-15-8-6-14(7-9-15)16-23-19(26-25-16)24-18-20-12(3)10-13(4)21-18/h6-11H,5H2,1-4H3,(H,22,27)(H2,20,21,23,24,25,26). The van der Waals surface area contributed by atoms with Crippen LogP contribution in [0.25, 0.3) is 11.4 Å². The summed E-state index contributed by atoms with van der Waals surface area (Å²) in [7, 11) is 0. The summed E-state index contributed by atoms with van der Waals surface area (Å²) < 4.78 is 0. The number of hydrogen-bond donors (Lipinski definition) is 3. The number of H-pyrrole nitrogens is 1. The first-order valence-electron chi connectivity index (χ1n) is 8.87. The van der Waals surface area contributed by atoms with E-state index in [-0.39, 0.29) is 11.8 Å². The molecule has 0 aliphatic carbocycles. The van der Waals surface area contributed by atoms with Gasteiger partial charge in [0, 0.05) is 28.6 Å². The molecule has 0 radical (unpaired) electrons. The number of aromatic nitrogens is 5. The highest BCUT2D eigenvalue weighted by atomic mass is 16.1. The molecule has 8 heteroatoms. The summed E-state index contributed by atoms with van der Waals surface area (Å²) in [4.78, 5) is 25.0. The summed E-state index contributed by atoms with van der Waals surface area (Å²) in [6.45, 7) is 7.72. The summed E-state index contributed by atoms with van der Waals surface area (Å²) in [6, 6.07) is 9.35. The van der Waals surface area contributed by atoms with Crippen molar-refractivity contribution < 1.29 is 4.79 Å². The van der Waals surface area contributed by atoms with Crippen LogP contribution in [-0.2, 0) is 4.79 Å². The number of nitrogens with zero attached hydrogens (tertiary/aromatic N) is 4. The van der Waals surface area contributed by atoms with E-state index in [2.05, 4.69) is 35.8 Å². The van der Waals surface area contributed by atoms with E-state index in [1.54, 1.807) is 0 Å². The molecule has 2 aromatic heterocycles. The number of aromatic amines is 1. The molecule has 8 nitrogen and oxygen atoms in total. The first-order chi connectivity index (χ1) is 12.9. The molecule has 27 heavy (non-hydrogen) atoms. The largest absolute Gasteiger partial charge is 0.326 e. The fourth-order valence-corrected chi connectivity index (χ4v) is 2.49. The molecule has 1 unspecified atom stereocenters. The Hall–Kier alpha value is -3.29. The van der Waals surface area contributed by atoms with Crippen molar-refractivity contribution in [1.29, 1.82) is 0 Å². The monoisotopic (exact) mass is 365 g/mol. The number of nitrogens with one attached hydrogen (secondary N) is 3. The zero-order chi connectivity index (χ0) is 19.4. The Morgan fingerprint density at radius 1 is 1.07 bits per heavy atom. The minimum Gasteiger partial charge on any atom is -0.326 e. The van der Waals surface area contributed by atoms with Gasteiger partial charge in [0.2, 0.25) is 17.8 Å². The Balaban J connectivity index is 1.70. The molecule has 140 valence electrons. The summed E-state index contributed by atoms with van der Waals surface area (Å²) in [5.74, 6) is 1.47. The molecule has 1 aromatic carbocycles. The van der Waals surface area contributed by atoms with Gasteiger partial charge in [-0.3, -0.25) is 15.2 Å². The first kappa shape index (κ1) is 18.5. The van der Waals surface area contributed by atoms with Crippen molar-refractivity contribution in [3.05, 3.63) is 41.7 Å². The molecule has 0 aliphatic rings. The number of benzene rings is 1. The van der Waals surface area contributed by atoms with Gasteiger partial charge in [-0.2, -0.15) is 4.98 Å². The molecule has 1 amide bonds. The van der Waals surface area contributed by atoms with Gasteiger partial charge >= 0.3 is 0 Å². The predicted molar refractivity (Wildman–Crippen MR) is 105 cm³/mol. The van der Waals surface area contributed by atoms with Crippen molar-refractivity contribution in [3.63, 3.8) is 0 Å². The van der Waals surface area contributed by atoms with Crippen molar-refractivity contribution in [1.82, 2.24) is 25.1 Å². The van der Waals surface area contributed by atoms with Crippen molar-refractivity contribution in [3.8, 4) is 11.4 Å². The van der Waals surface area contributed by atoms with Crippen LogP contribution in [0.15, 0.2) is 30.3 Å². The van der Waals surface area contributed by atoms with Gasteiger partial charge in [0.1, 0.15) is 0 Å². The lowest BCUT2D eigenvalue weighted by molar-refractivity contribution is -0.119. The fourth-order valence-electron chi connectivity index (χ4n) is 2.49. The number of carbonyl (C=O) groups excluding carboxylic acids is 1. The molecule has 0 bridgehead atoms. The van der Waals surface area contributed by atoms with Crippen molar-refractivity contribution in [2.45, 2.75) is 34.1 Å². The lowest BCUT2D eigenvalue weighted by atomic mass is 10.1. The van der Waals surface area contributed by atoms with E-state index < -0.39 is 0 Å². The third kappa shape index (κ3) is 4.66. The van der Waals surface area contributed by atoms with E-state index in [0.29, 0.717) is 17.7 Å². The smallest absolute Gasteiger partial charge is 0.249 e. The maximum atomic E-state index is 12.0. The normalized spacial score (nSPS) is 11.9. The zero-order valence-electron chi connectivity index (χ0n) is 15.9. The third-order valence-corrected chi connectivity index (χ3v) is 4.18. The number of anilines is 3. The maximum absolute atomic E-state index is 12.0. The van der Waals surface area contributed by atoms with Gasteiger partial charge in [-0.1, -0.05) is 13.8 Å². The van der Waals surface area contributed by atoms with E-state index in [9.17, 15) is 4.79 Å². The number of amides is 1. The molecule has 1 atom stereocenters. The van der Waals surface area contributed by atoms with Crippen LogP contribution in [0.2, 0.25) is 0 Å². The Morgan fingerprint density at radius 3 is 2.37 bits per heavy atom. The first-order valence-corrected chi connectivity index (χ1v) is 8.87. The Labute approximate surface area is 157 Å². The van der Waals surface area contributed by atoms with Crippen LogP contribution < -0.4 is 10.6 Å². The lowest BCUT2D eigenvalue weighted by Gasteiger charge is -2.10. The number of carbonyl (C=O) groups is 1. The Bertz CT molecular complexity index is 913. The predicted octanol–water partition coefficient (Wildman–Crippen LogP) is 3.61. The molecular formula is C19H23N7O. The zero-order valence-corrected chi connectivity index (χ0v) is 15.9. The number of aryl methyl sites for hydroxylation is 2. The van der Waals surface area contributed by atoms with E-state index in [0.717, 1.165) is 29.1 Å². The highest BCUT2D eigenvalue weighted by molar-refractivity contribution is 5.92. The summed E-state index contributed by atoms with van der Waals surface area (Å²) >= 11 is 0. The van der Waals surface area contributed by atoms with Crippen molar-refractivity contribution >= 4 is 23.5 Å². The molecule has 3 rings (SSSR count). The third-order valence-electron chi connectivity index (χ3n) is 4.18. The molecule has 0 saturated carbocycles. The van der Waals surface area contributed by atoms with Gasteiger partial charge in [0.25, 0.3) is 0 Å². The topological polar surface area (TPSA) is 108 Å². The maximum Gasteiger partial charge on any atom is 0.249 e. The molecule has 3 N–H and O–H groups in total. The molecule has 0 spiro atoms. The van der Waals surface area contributed by atoms with Crippen LogP contribution in [0.4, 0.5) is 17.6 Å². The average molecular weight is 365 g/mol. The van der Waals surface area contributed by atoms with Gasteiger partial charge in [-0.25, -0.2) is 9.97 Å². The fraction of sp³-hybridized carbons (Fsp3) is 0.316. The van der Waals surface area contributed by atoms with Gasteiger partial charge in [0.15, 0.2) is 5.82 Å². The Morgan fingerprint density at radius 2 is 1.74 bits per heavy atom. The molecule has 0 aliphatic heterocycles. The molecular weight excluding hydrogens is 342 g/mol. The molecule has 0 fully saturated rings. The second kappa shape index (κ2) is 7.94. The van der Waals surface area contributed by atoms with E-state index in [4.69, 9.17) is 0 Å². The number of rotatable bonds is 6. The van der Waals surface area contributed by atoms with Crippen LogP contribution in [0, 0.1) is 19.8 Å². The molecule has 0 saturated heterocycles. The highest BCUT2D eigenvalue weighted by Crippen LogP contribution is 2.20. The van der Waals surface area contributed by atoms with Gasteiger partial charge < -0.3 is 5.32 Å². The van der Waals surface area contributed by atoms with Gasteiger partial charge in [-0.05, 0) is 50.6 Å². The molecule has 3 aromatic rings. The van der Waals surface area contributed by atoms with Crippen LogP contribution in [0.5, 0.6) is 0 Å². The second-order valence-corrected chi connectivity index (χ2v) is 6.48. The van der Waals surface area contributed by atoms with Gasteiger partial charge in [0.05, 0.1) is 0 Å². The van der Waals surface area contributed by atoms with Gasteiger partial charge in [-0.15, -0.1) is 5.10 Å². The SMILES string of the molecule is CCC(C)C(=O)Nc1ccc(-c2nc(Nc3nc(C)cc(C)n3)n[nH]2)cc1. The summed E-state index contributed by atoms with van der Waals surface area (Å²) in [5, 5.41) is 13.0. The van der Waals surface area contributed by atoms with Crippen LogP contribution >= 0.6 is 0 Å². The minimum absolute atomic E-state index is 0.0138. The summed E-state index contributed by atoms with van der Waals surface area (Å²) in [6.07, 6.45) is 0.807. The number of hydrogen-bond acceptors (Lipinski definition) is 6. The Kier molecular flexibility index (Phi) is 5.44. The van der Waals surface area contributed by atoms with Crippen molar-refractivity contribution in [2.24, 2.45) is 5.92 Å². The minimum atomic E-state index is -0.0138. The second-order valence-electron chi connectivity index (χ2n) is 6.48. The lowest BCUT2D eigenvalue weighted by Crippen LogP contribution is -2.19. The van der Waals surface area contributed by atoms with Crippen LogP contribution in [-0.4, -0.2) is 31.1 Å². The van der Waals surface area contributed by atoms with Crippen molar-refractivity contribution in [2.75, 3.05) is 10.6 Å². The quantitative estimate of drug-likeness (QED) is 0.616. The van der Waals surface area contributed by atoms with Crippen LogP contribution in [0.1, 0.15) is 31.7 Å². The average Bonchev–Trinajstić information content (AvgIpc) is 3.09. The van der Waals surface area contributed by atoms with E-state index in [1.807, 2.05) is 58.0 Å². The highest BCUT2D eigenvalue weighted by Gasteiger charge is 2.11.